The molecule has 0 saturated heterocycles. The van der Waals surface area contributed by atoms with Crippen LogP contribution in [0.15, 0.2) is 29.4 Å². The fourth-order valence-electron chi connectivity index (χ4n) is 8.54. The van der Waals surface area contributed by atoms with E-state index in [0.717, 1.165) is 44.1 Å². The number of hydrogen-bond donors (Lipinski definition) is 4. The van der Waals surface area contributed by atoms with Gasteiger partial charge in [0.25, 0.3) is 5.91 Å². The Kier molecular flexibility index (Phi) is 49.4. The highest BCUT2D eigenvalue weighted by Gasteiger charge is 2.26. The van der Waals surface area contributed by atoms with Gasteiger partial charge in [-0.2, -0.15) is 5.10 Å². The Morgan fingerprint density at radius 1 is 0.519 bits per heavy atom. The van der Waals surface area contributed by atoms with Crippen LogP contribution < -0.4 is 16.1 Å². The van der Waals surface area contributed by atoms with E-state index in [1.807, 2.05) is 0 Å². The number of phosphoric ester groups is 1. The van der Waals surface area contributed by atoms with Crippen molar-refractivity contribution in [3.63, 3.8) is 0 Å². The highest BCUT2D eigenvalue weighted by atomic mass is 31.2. The molecule has 2 amide bonds. The molecule has 456 valence electrons. The van der Waals surface area contributed by atoms with E-state index in [4.69, 9.17) is 32.7 Å². The van der Waals surface area contributed by atoms with E-state index >= 15 is 0 Å². The summed E-state index contributed by atoms with van der Waals surface area (Å²) in [5.41, 5.74) is 4.01. The minimum Gasteiger partial charge on any atom is -0.464 e. The molecule has 0 aromatic heterocycles. The van der Waals surface area contributed by atoms with Crippen molar-refractivity contribution >= 4 is 43.8 Å². The summed E-state index contributed by atoms with van der Waals surface area (Å²) in [6.45, 7) is 5.00. The van der Waals surface area contributed by atoms with Crippen molar-refractivity contribution in [2.24, 2.45) is 5.10 Å². The van der Waals surface area contributed by atoms with Gasteiger partial charge >= 0.3 is 25.7 Å². The maximum absolute atomic E-state index is 12.9. The Labute approximate surface area is 476 Å². The summed E-state index contributed by atoms with van der Waals surface area (Å²) in [5, 5.41) is 9.38. The molecule has 1 unspecified atom stereocenters. The lowest BCUT2D eigenvalue weighted by Crippen LogP contribution is -2.30. The minimum absolute atomic E-state index is 0.00724. The molecule has 0 aliphatic heterocycles. The average molecular weight is 1140 g/mol. The number of hydrazone groups is 1. The van der Waals surface area contributed by atoms with Crippen molar-refractivity contribution in [2.75, 3.05) is 73.0 Å². The molecule has 18 nitrogen and oxygen atoms in total. The summed E-state index contributed by atoms with van der Waals surface area (Å²) >= 11 is 0. The summed E-state index contributed by atoms with van der Waals surface area (Å²) in [4.78, 5) is 72.8. The first-order chi connectivity index (χ1) is 38.5. The quantitative estimate of drug-likeness (QED) is 0.0119. The summed E-state index contributed by atoms with van der Waals surface area (Å²) in [7, 11) is -3.08. The first kappa shape index (κ1) is 73.1. The second-order valence-corrected chi connectivity index (χ2v) is 22.0. The second-order valence-electron chi connectivity index (χ2n) is 20.5. The average Bonchev–Trinajstić information content (AvgIpc) is 3.44. The fourth-order valence-corrected chi connectivity index (χ4v) is 9.29. The van der Waals surface area contributed by atoms with Gasteiger partial charge in [0.05, 0.1) is 52.2 Å². The van der Waals surface area contributed by atoms with Crippen molar-refractivity contribution in [3.05, 3.63) is 35.4 Å². The molecular weight excluding hydrogens is 1030 g/mol. The lowest BCUT2D eigenvalue weighted by atomic mass is 10.0. The topological polar surface area (TPSA) is 236 Å². The van der Waals surface area contributed by atoms with E-state index in [0.29, 0.717) is 44.8 Å². The van der Waals surface area contributed by atoms with Crippen LogP contribution in [0.2, 0.25) is 0 Å². The van der Waals surface area contributed by atoms with E-state index in [9.17, 15) is 33.4 Å². The summed E-state index contributed by atoms with van der Waals surface area (Å²) < 4.78 is 49.4. The molecule has 0 aliphatic carbocycles. The Morgan fingerprint density at radius 3 is 1.52 bits per heavy atom. The number of methoxy groups -OCH3 is 1. The molecule has 0 spiro atoms. The number of nitrogens with zero attached hydrogens (tertiary/aromatic N) is 1. The van der Waals surface area contributed by atoms with Gasteiger partial charge in [-0.15, -0.1) is 0 Å². The molecule has 0 aliphatic rings. The molecule has 79 heavy (non-hydrogen) atoms. The standard InChI is InChI=1S/C60H107N4O14P/c1-4-6-8-10-12-14-16-18-20-22-24-26-28-30-32-34-57(66)75-51-55(78-59(68)35-33-31-29-27-25-23-21-19-17-15-13-11-9-7-5-2)52-77-79(70,71)76-47-43-61-56(65)40-41-58(67)74-46-44-63-64-50-53-36-38-54(39-37-53)60(69)62-42-45-73-49-48-72-3/h36-39,50,55,63H,4-35,40-49,51-52H2,1-3H3,(H,61,65)(H,62,69)(H,70,71)/b64-50+/t55-/m1/s1. The van der Waals surface area contributed by atoms with Crippen LogP contribution in [0, 0.1) is 0 Å². The van der Waals surface area contributed by atoms with Gasteiger partial charge < -0.3 is 44.6 Å². The van der Waals surface area contributed by atoms with Crippen LogP contribution in [0.4, 0.5) is 0 Å². The molecule has 0 saturated carbocycles. The minimum atomic E-state index is -4.67. The molecule has 19 heteroatoms. The largest absolute Gasteiger partial charge is 0.472 e. The molecule has 1 aromatic carbocycles. The third kappa shape index (κ3) is 48.5. The van der Waals surface area contributed by atoms with Gasteiger partial charge in [-0.3, -0.25) is 33.0 Å². The molecule has 0 heterocycles. The number of ether oxygens (including phenoxy) is 5. The van der Waals surface area contributed by atoms with Crippen LogP contribution in [0.1, 0.15) is 248 Å². The molecular formula is C60H107N4O14P. The van der Waals surface area contributed by atoms with Gasteiger partial charge in [-0.25, -0.2) is 4.57 Å². The number of carbonyl (C=O) groups is 5. The predicted octanol–water partition coefficient (Wildman–Crippen LogP) is 12.6. The van der Waals surface area contributed by atoms with Gasteiger partial charge in [0.1, 0.15) is 13.2 Å². The smallest absolute Gasteiger partial charge is 0.464 e. The maximum atomic E-state index is 12.9. The highest BCUT2D eigenvalue weighted by Crippen LogP contribution is 2.43. The van der Waals surface area contributed by atoms with E-state index in [1.165, 1.54) is 141 Å². The Hall–Kier alpha value is -3.93. The van der Waals surface area contributed by atoms with Crippen molar-refractivity contribution in [1.82, 2.24) is 16.1 Å². The van der Waals surface area contributed by atoms with Gasteiger partial charge in [-0.05, 0) is 30.5 Å². The van der Waals surface area contributed by atoms with Gasteiger partial charge in [0.2, 0.25) is 5.91 Å². The van der Waals surface area contributed by atoms with Gasteiger partial charge in [0.15, 0.2) is 6.10 Å². The molecule has 0 radical (unpaired) electrons. The number of carbonyl (C=O) groups excluding carboxylic acids is 5. The zero-order valence-corrected chi connectivity index (χ0v) is 50.1. The number of nitrogens with one attached hydrogen (secondary N) is 3. The number of phosphoric acid groups is 1. The SMILES string of the molecule is CCCCCCCCCCCCCCCCCC(=O)OC[C@H](COP(=O)(O)OCCNC(=O)CCC(=O)OCCN/N=C/c1ccc(C(=O)NCCOCCOC)cc1)OC(=O)CCCCCCCCCCCCCCCCC. The zero-order valence-electron chi connectivity index (χ0n) is 49.2. The first-order valence-corrected chi connectivity index (χ1v) is 32.1. The van der Waals surface area contributed by atoms with Crippen LogP contribution >= 0.6 is 7.82 Å². The van der Waals surface area contributed by atoms with E-state index < -0.39 is 44.3 Å². The summed E-state index contributed by atoms with van der Waals surface area (Å²) in [6, 6.07) is 6.84. The molecule has 0 bridgehead atoms. The fraction of sp³-hybridized carbons (Fsp3) is 0.800. The number of unbranched alkanes of at least 4 members (excludes halogenated alkanes) is 28. The van der Waals surface area contributed by atoms with Crippen molar-refractivity contribution in [1.29, 1.82) is 0 Å². The first-order valence-electron chi connectivity index (χ1n) is 30.6. The van der Waals surface area contributed by atoms with Crippen LogP contribution in [0.25, 0.3) is 0 Å². The Bertz CT molecular complexity index is 1740. The van der Waals surface area contributed by atoms with Crippen molar-refractivity contribution in [3.8, 4) is 0 Å². The Morgan fingerprint density at radius 2 is 1.00 bits per heavy atom. The lowest BCUT2D eigenvalue weighted by molar-refractivity contribution is -0.161. The molecule has 1 aromatic rings. The second kappa shape index (κ2) is 53.4. The van der Waals surface area contributed by atoms with Gasteiger partial charge in [-0.1, -0.05) is 206 Å². The molecule has 0 fully saturated rings. The lowest BCUT2D eigenvalue weighted by Gasteiger charge is -2.20. The van der Waals surface area contributed by atoms with Crippen molar-refractivity contribution < 1.29 is 66.2 Å². The van der Waals surface area contributed by atoms with E-state index in [-0.39, 0.29) is 64.5 Å². The number of hydrogen-bond acceptors (Lipinski definition) is 15. The molecule has 2 atom stereocenters. The third-order valence-electron chi connectivity index (χ3n) is 13.3. The Balaban J connectivity index is 2.39. The molecule has 1 rings (SSSR count). The van der Waals surface area contributed by atoms with E-state index in [1.54, 1.807) is 37.6 Å². The maximum Gasteiger partial charge on any atom is 0.472 e. The number of amides is 2. The number of benzene rings is 1. The van der Waals surface area contributed by atoms with Crippen LogP contribution in [0.3, 0.4) is 0 Å². The zero-order chi connectivity index (χ0) is 57.5. The normalized spacial score (nSPS) is 12.5. The van der Waals surface area contributed by atoms with Gasteiger partial charge in [0, 0.05) is 45.0 Å². The van der Waals surface area contributed by atoms with Crippen LogP contribution in [0.5, 0.6) is 0 Å². The van der Waals surface area contributed by atoms with Crippen LogP contribution in [-0.2, 0) is 56.5 Å². The monoisotopic (exact) mass is 1140 g/mol. The third-order valence-corrected chi connectivity index (χ3v) is 14.3. The van der Waals surface area contributed by atoms with E-state index in [2.05, 4.69) is 35.0 Å². The van der Waals surface area contributed by atoms with Crippen molar-refractivity contribution in [2.45, 2.75) is 238 Å². The molecule has 4 N–H and O–H groups in total. The summed E-state index contributed by atoms with van der Waals surface area (Å²) in [5.74, 6) is -2.26. The predicted molar refractivity (Wildman–Crippen MR) is 312 cm³/mol. The number of rotatable bonds is 57. The number of esters is 3. The summed E-state index contributed by atoms with van der Waals surface area (Å²) in [6.07, 6.45) is 36.7. The van der Waals surface area contributed by atoms with Crippen LogP contribution in [-0.4, -0.2) is 120 Å². The highest BCUT2D eigenvalue weighted by molar-refractivity contribution is 7.47.